The summed E-state index contributed by atoms with van der Waals surface area (Å²) in [6.45, 7) is 0. The number of aromatic nitrogens is 2. The zero-order chi connectivity index (χ0) is 19.7. The molecule has 0 unspecified atom stereocenters. The van der Waals surface area contributed by atoms with Crippen LogP contribution in [0.25, 0.3) is 22.2 Å². The van der Waals surface area contributed by atoms with Crippen molar-refractivity contribution in [1.82, 2.24) is 9.97 Å². The van der Waals surface area contributed by atoms with E-state index in [4.69, 9.17) is 11.6 Å². The number of nitrogens with one attached hydrogen (secondary N) is 2. The van der Waals surface area contributed by atoms with Gasteiger partial charge in [0.2, 0.25) is 0 Å². The van der Waals surface area contributed by atoms with Crippen LogP contribution in [0.1, 0.15) is 16.1 Å². The maximum Gasteiger partial charge on any atom is 0.307 e. The van der Waals surface area contributed by atoms with E-state index < -0.39 is 11.9 Å². The number of carbonyl (C=O) groups is 2. The van der Waals surface area contributed by atoms with Crippen molar-refractivity contribution in [3.8, 4) is 11.3 Å². The topological polar surface area (TPSA) is 95.1 Å². The number of halogens is 1. The molecule has 0 aliphatic rings. The van der Waals surface area contributed by atoms with E-state index in [0.717, 1.165) is 5.56 Å². The van der Waals surface area contributed by atoms with Gasteiger partial charge in [-0.1, -0.05) is 48.0 Å². The average molecular weight is 412 g/mol. The first-order valence-electron chi connectivity index (χ1n) is 8.36. The fraction of sp³-hybridized carbons (Fsp3) is 0.0500. The Morgan fingerprint density at radius 2 is 1.89 bits per heavy atom. The van der Waals surface area contributed by atoms with Crippen LogP contribution in [0.3, 0.4) is 0 Å². The quantitative estimate of drug-likeness (QED) is 0.438. The normalized spacial score (nSPS) is 10.9. The van der Waals surface area contributed by atoms with Crippen molar-refractivity contribution in [2.75, 3.05) is 5.32 Å². The van der Waals surface area contributed by atoms with Crippen LogP contribution < -0.4 is 5.32 Å². The molecule has 0 atom stereocenters. The van der Waals surface area contributed by atoms with Crippen LogP contribution in [-0.4, -0.2) is 27.0 Å². The standard InChI is InChI=1S/C20H14ClN3O3S/c21-14-7-3-1-6-12(14)16-10-28-20(23-16)24-19(27)18-13(9-17(25)26)11-5-2-4-8-15(11)22-18/h1-8,10,22H,9H2,(H,25,26)(H,23,24,27). The first kappa shape index (κ1) is 18.2. The monoisotopic (exact) mass is 411 g/mol. The molecule has 28 heavy (non-hydrogen) atoms. The van der Waals surface area contributed by atoms with Crippen molar-refractivity contribution in [2.45, 2.75) is 6.42 Å². The van der Waals surface area contributed by atoms with Gasteiger partial charge in [-0.15, -0.1) is 11.3 Å². The molecule has 2 aromatic carbocycles. The summed E-state index contributed by atoms with van der Waals surface area (Å²) in [5.41, 5.74) is 2.81. The number of nitrogens with zero attached hydrogens (tertiary/aromatic N) is 1. The maximum absolute atomic E-state index is 12.8. The maximum atomic E-state index is 12.8. The minimum Gasteiger partial charge on any atom is -0.481 e. The largest absolute Gasteiger partial charge is 0.481 e. The number of hydrogen-bond donors (Lipinski definition) is 3. The van der Waals surface area contributed by atoms with Crippen molar-refractivity contribution < 1.29 is 14.7 Å². The number of aromatic amines is 1. The van der Waals surface area contributed by atoms with E-state index in [9.17, 15) is 14.7 Å². The van der Waals surface area contributed by atoms with Gasteiger partial charge in [-0.25, -0.2) is 4.98 Å². The van der Waals surface area contributed by atoms with Crippen molar-refractivity contribution in [2.24, 2.45) is 0 Å². The van der Waals surface area contributed by atoms with Gasteiger partial charge in [0.25, 0.3) is 5.91 Å². The van der Waals surface area contributed by atoms with Gasteiger partial charge < -0.3 is 10.1 Å². The number of benzene rings is 2. The van der Waals surface area contributed by atoms with E-state index in [1.807, 2.05) is 24.3 Å². The third-order valence-electron chi connectivity index (χ3n) is 4.24. The number of H-pyrrole nitrogens is 1. The molecule has 3 N–H and O–H groups in total. The van der Waals surface area contributed by atoms with Crippen molar-refractivity contribution in [3.63, 3.8) is 0 Å². The first-order chi connectivity index (χ1) is 13.5. The molecule has 140 valence electrons. The second-order valence-corrected chi connectivity index (χ2v) is 7.33. The molecule has 4 aromatic rings. The number of anilines is 1. The summed E-state index contributed by atoms with van der Waals surface area (Å²) in [6, 6.07) is 14.5. The molecule has 0 aliphatic carbocycles. The molecule has 2 aromatic heterocycles. The summed E-state index contributed by atoms with van der Waals surface area (Å²) in [5, 5.41) is 15.5. The molecule has 0 spiro atoms. The van der Waals surface area contributed by atoms with Crippen molar-refractivity contribution in [3.05, 3.63) is 70.2 Å². The second kappa shape index (κ2) is 7.46. The highest BCUT2D eigenvalue weighted by molar-refractivity contribution is 7.14. The van der Waals surface area contributed by atoms with Crippen LogP contribution in [0.4, 0.5) is 5.13 Å². The molecule has 4 rings (SSSR count). The number of para-hydroxylation sites is 1. The van der Waals surface area contributed by atoms with Gasteiger partial charge in [0.1, 0.15) is 5.69 Å². The van der Waals surface area contributed by atoms with Crippen molar-refractivity contribution in [1.29, 1.82) is 0 Å². The third-order valence-corrected chi connectivity index (χ3v) is 5.33. The molecule has 1 amide bonds. The molecule has 6 nitrogen and oxygen atoms in total. The Labute approximate surface area is 168 Å². The number of thiazole rings is 1. The number of carboxylic acids is 1. The summed E-state index contributed by atoms with van der Waals surface area (Å²) in [6.07, 6.45) is -0.254. The Balaban J connectivity index is 1.64. The molecular weight excluding hydrogens is 398 g/mol. The summed E-state index contributed by atoms with van der Waals surface area (Å²) in [5.74, 6) is -1.44. The number of hydrogen-bond acceptors (Lipinski definition) is 4. The van der Waals surface area contributed by atoms with Gasteiger partial charge in [0.05, 0.1) is 12.1 Å². The summed E-state index contributed by atoms with van der Waals surface area (Å²) >= 11 is 7.47. The smallest absolute Gasteiger partial charge is 0.307 e. The lowest BCUT2D eigenvalue weighted by Crippen LogP contribution is -2.15. The molecule has 0 saturated heterocycles. The molecule has 0 aliphatic heterocycles. The minimum atomic E-state index is -1.01. The predicted molar refractivity (Wildman–Crippen MR) is 110 cm³/mol. The van der Waals surface area contributed by atoms with E-state index in [2.05, 4.69) is 15.3 Å². The lowest BCUT2D eigenvalue weighted by molar-refractivity contribution is -0.136. The van der Waals surface area contributed by atoms with Gasteiger partial charge in [-0.3, -0.25) is 14.9 Å². The first-order valence-corrected chi connectivity index (χ1v) is 9.62. The van der Waals surface area contributed by atoms with Crippen LogP contribution in [0.5, 0.6) is 0 Å². The number of carboxylic acid groups (broad SMARTS) is 1. The molecule has 0 saturated carbocycles. The number of aliphatic carboxylic acids is 1. The van der Waals surface area contributed by atoms with Crippen LogP contribution >= 0.6 is 22.9 Å². The summed E-state index contributed by atoms with van der Waals surface area (Å²) < 4.78 is 0. The number of amides is 1. The predicted octanol–water partition coefficient (Wildman–Crippen LogP) is 4.82. The Kier molecular flexibility index (Phi) is 4.85. The highest BCUT2D eigenvalue weighted by Crippen LogP contribution is 2.31. The van der Waals surface area contributed by atoms with Crippen LogP contribution in [0, 0.1) is 0 Å². The fourth-order valence-corrected chi connectivity index (χ4v) is 3.95. The molecule has 0 bridgehead atoms. The van der Waals surface area contributed by atoms with Crippen LogP contribution in [-0.2, 0) is 11.2 Å². The lowest BCUT2D eigenvalue weighted by atomic mass is 10.1. The Hall–Kier alpha value is -3.16. The number of carbonyl (C=O) groups excluding carboxylic acids is 1. The molecule has 8 heteroatoms. The van der Waals surface area contributed by atoms with Crippen LogP contribution in [0.2, 0.25) is 5.02 Å². The molecule has 0 fully saturated rings. The molecule has 2 heterocycles. The van der Waals surface area contributed by atoms with Crippen molar-refractivity contribution >= 4 is 50.8 Å². The van der Waals surface area contributed by atoms with Gasteiger partial charge in [0, 0.05) is 32.4 Å². The van der Waals surface area contributed by atoms with E-state index in [-0.39, 0.29) is 12.1 Å². The average Bonchev–Trinajstić information content (AvgIpc) is 3.27. The highest BCUT2D eigenvalue weighted by atomic mass is 35.5. The van der Waals surface area contributed by atoms with Crippen LogP contribution in [0.15, 0.2) is 53.9 Å². The highest BCUT2D eigenvalue weighted by Gasteiger charge is 2.20. The zero-order valence-electron chi connectivity index (χ0n) is 14.4. The SMILES string of the molecule is O=C(O)Cc1c(C(=O)Nc2nc(-c3ccccc3Cl)cs2)[nH]c2ccccc12. The Morgan fingerprint density at radius 1 is 1.14 bits per heavy atom. The Morgan fingerprint density at radius 3 is 2.68 bits per heavy atom. The summed E-state index contributed by atoms with van der Waals surface area (Å²) in [7, 11) is 0. The van der Waals surface area contributed by atoms with Gasteiger partial charge >= 0.3 is 5.97 Å². The minimum absolute atomic E-state index is 0.220. The Bertz CT molecular complexity index is 1200. The zero-order valence-corrected chi connectivity index (χ0v) is 16.0. The molecule has 0 radical (unpaired) electrons. The van der Waals surface area contributed by atoms with Gasteiger partial charge in [-0.05, 0) is 12.1 Å². The van der Waals surface area contributed by atoms with E-state index in [0.29, 0.717) is 32.3 Å². The van der Waals surface area contributed by atoms with Gasteiger partial charge in [0.15, 0.2) is 5.13 Å². The van der Waals surface area contributed by atoms with E-state index in [1.165, 1.54) is 11.3 Å². The third kappa shape index (κ3) is 3.49. The molecular formula is C20H14ClN3O3S. The lowest BCUT2D eigenvalue weighted by Gasteiger charge is -2.03. The van der Waals surface area contributed by atoms with Gasteiger partial charge in [-0.2, -0.15) is 0 Å². The van der Waals surface area contributed by atoms with E-state index in [1.54, 1.807) is 29.6 Å². The summed E-state index contributed by atoms with van der Waals surface area (Å²) in [4.78, 5) is 31.5. The fourth-order valence-electron chi connectivity index (χ4n) is 3.01. The second-order valence-electron chi connectivity index (χ2n) is 6.07. The number of rotatable bonds is 5. The van der Waals surface area contributed by atoms with E-state index >= 15 is 0 Å². The number of fused-ring (bicyclic) bond motifs is 1.